The van der Waals surface area contributed by atoms with E-state index in [-0.39, 0.29) is 11.8 Å². The molecule has 1 aromatic rings. The van der Waals surface area contributed by atoms with Crippen molar-refractivity contribution in [3.63, 3.8) is 0 Å². The molecule has 1 aliphatic heterocycles. The Balaban J connectivity index is 1.96. The van der Waals surface area contributed by atoms with Crippen molar-refractivity contribution < 1.29 is 9.59 Å². The molecule has 0 N–H and O–H groups in total. The lowest BCUT2D eigenvalue weighted by atomic mass is 10.0. The van der Waals surface area contributed by atoms with Crippen molar-refractivity contribution in [1.29, 1.82) is 0 Å². The Labute approximate surface area is 133 Å². The Morgan fingerprint density at radius 2 is 2.00 bits per heavy atom. The van der Waals surface area contributed by atoms with E-state index in [2.05, 4.69) is 13.0 Å². The minimum atomic E-state index is 0.0558. The van der Waals surface area contributed by atoms with Crippen molar-refractivity contribution in [3.05, 3.63) is 29.8 Å². The number of para-hydroxylation sites is 1. The summed E-state index contributed by atoms with van der Waals surface area (Å²) in [6.45, 7) is 5.73. The lowest BCUT2D eigenvalue weighted by molar-refractivity contribution is -0.129. The Morgan fingerprint density at radius 3 is 2.73 bits per heavy atom. The summed E-state index contributed by atoms with van der Waals surface area (Å²) in [5, 5.41) is 0. The SMILES string of the molecule is CCCCN(CCC(=O)N1CCCc2ccccc21)C(C)=O. The second kappa shape index (κ2) is 7.97. The summed E-state index contributed by atoms with van der Waals surface area (Å²) >= 11 is 0. The Kier molecular flexibility index (Phi) is 5.99. The molecule has 0 aliphatic carbocycles. The molecule has 2 amide bonds. The summed E-state index contributed by atoms with van der Waals surface area (Å²) in [7, 11) is 0. The van der Waals surface area contributed by atoms with E-state index in [1.807, 2.05) is 23.1 Å². The third-order valence-electron chi connectivity index (χ3n) is 4.23. The maximum absolute atomic E-state index is 12.5. The quantitative estimate of drug-likeness (QED) is 0.810. The standard InChI is InChI=1S/C18H26N2O2/c1-3-4-12-19(15(2)21)14-11-18(22)20-13-7-9-16-8-5-6-10-17(16)20/h5-6,8,10H,3-4,7,9,11-14H2,1-2H3. The van der Waals surface area contributed by atoms with Crippen LogP contribution in [0.3, 0.4) is 0 Å². The third kappa shape index (κ3) is 4.09. The largest absolute Gasteiger partial charge is 0.342 e. The molecule has 120 valence electrons. The Morgan fingerprint density at radius 1 is 1.23 bits per heavy atom. The molecule has 0 saturated carbocycles. The van der Waals surface area contributed by atoms with E-state index in [9.17, 15) is 9.59 Å². The number of hydrogen-bond acceptors (Lipinski definition) is 2. The minimum absolute atomic E-state index is 0.0558. The molecule has 0 bridgehead atoms. The molecule has 0 aromatic heterocycles. The van der Waals surface area contributed by atoms with Crippen LogP contribution in [-0.4, -0.2) is 36.3 Å². The Hall–Kier alpha value is -1.84. The number of unbranched alkanes of at least 4 members (excludes halogenated alkanes) is 1. The predicted molar refractivity (Wildman–Crippen MR) is 88.9 cm³/mol. The summed E-state index contributed by atoms with van der Waals surface area (Å²) in [4.78, 5) is 27.9. The third-order valence-corrected chi connectivity index (χ3v) is 4.23. The van der Waals surface area contributed by atoms with Crippen molar-refractivity contribution in [2.75, 3.05) is 24.5 Å². The summed E-state index contributed by atoms with van der Waals surface area (Å²) in [5.74, 6) is 0.176. The molecule has 0 saturated heterocycles. The number of anilines is 1. The van der Waals surface area contributed by atoms with E-state index < -0.39 is 0 Å². The van der Waals surface area contributed by atoms with Crippen molar-refractivity contribution in [1.82, 2.24) is 4.90 Å². The van der Waals surface area contributed by atoms with Gasteiger partial charge in [0.05, 0.1) is 0 Å². The van der Waals surface area contributed by atoms with Crippen LogP contribution in [0.1, 0.15) is 45.1 Å². The van der Waals surface area contributed by atoms with Gasteiger partial charge in [0.15, 0.2) is 0 Å². The van der Waals surface area contributed by atoms with Gasteiger partial charge in [0.1, 0.15) is 0 Å². The van der Waals surface area contributed by atoms with E-state index in [1.165, 1.54) is 5.56 Å². The normalized spacial score (nSPS) is 13.6. The second-order valence-electron chi connectivity index (χ2n) is 5.89. The van der Waals surface area contributed by atoms with E-state index >= 15 is 0 Å². The molecule has 2 rings (SSSR count). The zero-order chi connectivity index (χ0) is 15.9. The topological polar surface area (TPSA) is 40.6 Å². The maximum Gasteiger partial charge on any atom is 0.228 e. The fourth-order valence-electron chi connectivity index (χ4n) is 2.93. The monoisotopic (exact) mass is 302 g/mol. The molecule has 0 unspecified atom stereocenters. The highest BCUT2D eigenvalue weighted by Gasteiger charge is 2.22. The van der Waals surface area contributed by atoms with Crippen LogP contribution >= 0.6 is 0 Å². The van der Waals surface area contributed by atoms with Crippen LogP contribution in [0.25, 0.3) is 0 Å². The van der Waals surface area contributed by atoms with Crippen molar-refractivity contribution in [2.24, 2.45) is 0 Å². The summed E-state index contributed by atoms with van der Waals surface area (Å²) in [6, 6.07) is 8.12. The van der Waals surface area contributed by atoms with E-state index in [4.69, 9.17) is 0 Å². The number of fused-ring (bicyclic) bond motifs is 1. The molecule has 22 heavy (non-hydrogen) atoms. The number of nitrogens with zero attached hydrogens (tertiary/aromatic N) is 2. The van der Waals surface area contributed by atoms with Crippen LogP contribution < -0.4 is 4.90 Å². The van der Waals surface area contributed by atoms with Crippen molar-refractivity contribution in [2.45, 2.75) is 46.0 Å². The minimum Gasteiger partial charge on any atom is -0.342 e. The zero-order valence-corrected chi connectivity index (χ0v) is 13.7. The lowest BCUT2D eigenvalue weighted by Gasteiger charge is -2.30. The van der Waals surface area contributed by atoms with Gasteiger partial charge in [-0.3, -0.25) is 9.59 Å². The van der Waals surface area contributed by atoms with Gasteiger partial charge in [0.2, 0.25) is 11.8 Å². The number of carbonyl (C=O) groups is 2. The molecule has 4 heteroatoms. The van der Waals surface area contributed by atoms with Crippen LogP contribution in [0.2, 0.25) is 0 Å². The summed E-state index contributed by atoms with van der Waals surface area (Å²) in [6.07, 6.45) is 4.49. The van der Waals surface area contributed by atoms with E-state index in [0.717, 1.165) is 44.5 Å². The molecule has 1 heterocycles. The predicted octanol–water partition coefficient (Wildman–Crippen LogP) is 3.00. The van der Waals surface area contributed by atoms with E-state index in [1.54, 1.807) is 11.8 Å². The highest BCUT2D eigenvalue weighted by Crippen LogP contribution is 2.27. The number of benzene rings is 1. The molecule has 1 aliphatic rings. The molecule has 1 aromatic carbocycles. The average Bonchev–Trinajstić information content (AvgIpc) is 2.53. The van der Waals surface area contributed by atoms with Crippen LogP contribution in [0.5, 0.6) is 0 Å². The Bertz CT molecular complexity index is 528. The van der Waals surface area contributed by atoms with Gasteiger partial charge >= 0.3 is 0 Å². The highest BCUT2D eigenvalue weighted by molar-refractivity contribution is 5.94. The second-order valence-corrected chi connectivity index (χ2v) is 5.89. The van der Waals surface area contributed by atoms with Gasteiger partial charge in [0.25, 0.3) is 0 Å². The maximum atomic E-state index is 12.5. The molecular formula is C18H26N2O2. The van der Waals surface area contributed by atoms with Gasteiger partial charge in [-0.25, -0.2) is 0 Å². The summed E-state index contributed by atoms with van der Waals surface area (Å²) < 4.78 is 0. The highest BCUT2D eigenvalue weighted by atomic mass is 16.2. The van der Waals surface area contributed by atoms with Gasteiger partial charge in [-0.15, -0.1) is 0 Å². The zero-order valence-electron chi connectivity index (χ0n) is 13.7. The first-order chi connectivity index (χ1) is 10.6. The van der Waals surface area contributed by atoms with E-state index in [0.29, 0.717) is 13.0 Å². The number of aryl methyl sites for hydroxylation is 1. The smallest absolute Gasteiger partial charge is 0.228 e. The molecule has 4 nitrogen and oxygen atoms in total. The van der Waals surface area contributed by atoms with Gasteiger partial charge in [-0.05, 0) is 30.9 Å². The number of hydrogen-bond donors (Lipinski definition) is 0. The first kappa shape index (κ1) is 16.5. The van der Waals surface area contributed by atoms with Gasteiger partial charge < -0.3 is 9.80 Å². The molecular weight excluding hydrogens is 276 g/mol. The number of rotatable bonds is 6. The fourth-order valence-corrected chi connectivity index (χ4v) is 2.93. The van der Waals surface area contributed by atoms with Gasteiger partial charge in [-0.1, -0.05) is 31.5 Å². The van der Waals surface area contributed by atoms with Crippen LogP contribution in [0.15, 0.2) is 24.3 Å². The fraction of sp³-hybridized carbons (Fsp3) is 0.556. The van der Waals surface area contributed by atoms with Crippen molar-refractivity contribution in [3.8, 4) is 0 Å². The first-order valence-corrected chi connectivity index (χ1v) is 8.27. The molecule has 0 spiro atoms. The molecule has 0 atom stereocenters. The number of amides is 2. The van der Waals surface area contributed by atoms with Gasteiger partial charge in [-0.2, -0.15) is 0 Å². The van der Waals surface area contributed by atoms with Crippen LogP contribution in [-0.2, 0) is 16.0 Å². The summed E-state index contributed by atoms with van der Waals surface area (Å²) in [5.41, 5.74) is 2.29. The number of carbonyl (C=O) groups excluding carboxylic acids is 2. The van der Waals surface area contributed by atoms with Crippen LogP contribution in [0, 0.1) is 0 Å². The van der Waals surface area contributed by atoms with Crippen LogP contribution in [0.4, 0.5) is 5.69 Å². The first-order valence-electron chi connectivity index (χ1n) is 8.27. The molecule has 0 radical (unpaired) electrons. The van der Waals surface area contributed by atoms with Gasteiger partial charge in [0, 0.05) is 38.7 Å². The molecule has 0 fully saturated rings. The average molecular weight is 302 g/mol. The van der Waals surface area contributed by atoms with Crippen molar-refractivity contribution >= 4 is 17.5 Å². The lowest BCUT2D eigenvalue weighted by Crippen LogP contribution is -2.39.